The molecule has 0 N–H and O–H groups in total. The van der Waals surface area contributed by atoms with Crippen molar-refractivity contribution in [1.82, 2.24) is 0 Å². The maximum atomic E-state index is 1.97. The van der Waals surface area contributed by atoms with E-state index in [1.54, 1.807) is 0 Å². The van der Waals surface area contributed by atoms with Gasteiger partial charge in [0.15, 0.2) is 0 Å². The zero-order valence-electron chi connectivity index (χ0n) is 12.8. The zero-order valence-corrected chi connectivity index (χ0v) is 12.8. The van der Waals surface area contributed by atoms with E-state index >= 15 is 0 Å². The van der Waals surface area contributed by atoms with E-state index in [1.165, 1.54) is 57.8 Å². The summed E-state index contributed by atoms with van der Waals surface area (Å²) in [5, 5.41) is 0. The van der Waals surface area contributed by atoms with Crippen molar-refractivity contribution in [1.29, 1.82) is 0 Å². The average molecular weight is 276 g/mol. The fourth-order valence-corrected chi connectivity index (χ4v) is 8.03. The van der Waals surface area contributed by atoms with E-state index in [4.69, 9.17) is 0 Å². The highest BCUT2D eigenvalue weighted by Gasteiger charge is 2.53. The van der Waals surface area contributed by atoms with Gasteiger partial charge in [0, 0.05) is 0 Å². The van der Waals surface area contributed by atoms with Gasteiger partial charge < -0.3 is 0 Å². The molecule has 6 bridgehead atoms. The molecule has 3 fully saturated rings. The molecule has 0 amide bonds. The van der Waals surface area contributed by atoms with Gasteiger partial charge in [-0.05, 0) is 127 Å². The van der Waals surface area contributed by atoms with E-state index in [0.717, 1.165) is 35.5 Å². The van der Waals surface area contributed by atoms with Crippen LogP contribution in [-0.4, -0.2) is 0 Å². The molecule has 0 heterocycles. The van der Waals surface area contributed by atoms with E-state index in [-0.39, 0.29) is 0 Å². The van der Waals surface area contributed by atoms with Crippen molar-refractivity contribution >= 4 is 0 Å². The van der Waals surface area contributed by atoms with Gasteiger partial charge in [-0.3, -0.25) is 0 Å². The van der Waals surface area contributed by atoms with E-state index < -0.39 is 0 Å². The van der Waals surface area contributed by atoms with Crippen molar-refractivity contribution in [3.63, 3.8) is 0 Å². The van der Waals surface area contributed by atoms with E-state index in [2.05, 4.69) is 0 Å². The minimum atomic E-state index is 0.988. The van der Waals surface area contributed by atoms with Crippen molar-refractivity contribution in [3.05, 3.63) is 33.4 Å². The molecule has 108 valence electrons. The van der Waals surface area contributed by atoms with Crippen LogP contribution in [0.3, 0.4) is 0 Å². The van der Waals surface area contributed by atoms with Gasteiger partial charge in [0.25, 0.3) is 0 Å². The molecule has 1 aromatic carbocycles. The summed E-state index contributed by atoms with van der Waals surface area (Å²) in [6, 6.07) is 0. The molecule has 6 atom stereocenters. The second kappa shape index (κ2) is 3.26. The summed E-state index contributed by atoms with van der Waals surface area (Å²) in [4.78, 5) is 0. The third-order valence-corrected chi connectivity index (χ3v) is 8.49. The standard InChI is InChI=1S/C21H24/c1-2-11-7-10(1)16-17(11)19-13-5-6-15(9-13)21(19)20-14-4-3-12(8-14)18(16)20/h10-15H,1-9H2/t10-,11+,12+,13-,14-,15+. The van der Waals surface area contributed by atoms with Crippen LogP contribution in [-0.2, 0) is 0 Å². The summed E-state index contributed by atoms with van der Waals surface area (Å²) >= 11 is 0. The van der Waals surface area contributed by atoms with Crippen molar-refractivity contribution < 1.29 is 0 Å². The minimum absolute atomic E-state index is 0.988. The first-order valence-corrected chi connectivity index (χ1v) is 9.63. The minimum Gasteiger partial charge on any atom is -0.0457 e. The first kappa shape index (κ1) is 10.9. The van der Waals surface area contributed by atoms with Crippen LogP contribution in [0.5, 0.6) is 0 Å². The summed E-state index contributed by atoms with van der Waals surface area (Å²) in [5.41, 5.74) is 11.8. The number of hydrogen-bond acceptors (Lipinski definition) is 0. The molecule has 0 heteroatoms. The van der Waals surface area contributed by atoms with E-state index in [0.29, 0.717) is 0 Å². The largest absolute Gasteiger partial charge is 0.0457 e. The monoisotopic (exact) mass is 276 g/mol. The lowest BCUT2D eigenvalue weighted by Gasteiger charge is -2.32. The topological polar surface area (TPSA) is 0 Å². The van der Waals surface area contributed by atoms with Gasteiger partial charge in [0.2, 0.25) is 0 Å². The highest BCUT2D eigenvalue weighted by Crippen LogP contribution is 2.69. The lowest BCUT2D eigenvalue weighted by atomic mass is 9.72. The molecule has 0 aromatic heterocycles. The summed E-state index contributed by atoms with van der Waals surface area (Å²) in [7, 11) is 0. The van der Waals surface area contributed by atoms with Crippen molar-refractivity contribution in [2.75, 3.05) is 0 Å². The van der Waals surface area contributed by atoms with Crippen LogP contribution in [0.25, 0.3) is 0 Å². The van der Waals surface area contributed by atoms with Gasteiger partial charge in [-0.1, -0.05) is 0 Å². The quantitative estimate of drug-likeness (QED) is 0.563. The van der Waals surface area contributed by atoms with Gasteiger partial charge in [0.1, 0.15) is 0 Å². The Kier molecular flexibility index (Phi) is 1.69. The van der Waals surface area contributed by atoms with Crippen LogP contribution in [0.2, 0.25) is 0 Å². The Morgan fingerprint density at radius 1 is 0.333 bits per heavy atom. The highest BCUT2D eigenvalue weighted by molar-refractivity contribution is 5.66. The fraction of sp³-hybridized carbons (Fsp3) is 0.714. The molecule has 0 aliphatic heterocycles. The molecule has 0 radical (unpaired) electrons. The van der Waals surface area contributed by atoms with E-state index in [9.17, 15) is 0 Å². The summed E-state index contributed by atoms with van der Waals surface area (Å²) < 4.78 is 0. The first-order valence-electron chi connectivity index (χ1n) is 9.63. The normalized spacial score (nSPS) is 46.3. The molecule has 0 spiro atoms. The molecule has 0 saturated heterocycles. The molecule has 1 aromatic rings. The fourth-order valence-electron chi connectivity index (χ4n) is 8.03. The predicted molar refractivity (Wildman–Crippen MR) is 84.4 cm³/mol. The Hall–Kier alpha value is -0.780. The predicted octanol–water partition coefficient (Wildman–Crippen LogP) is 5.78. The summed E-state index contributed by atoms with van der Waals surface area (Å²) in [6.45, 7) is 0. The molecule has 7 rings (SSSR count). The van der Waals surface area contributed by atoms with Crippen LogP contribution < -0.4 is 0 Å². The lowest BCUT2D eigenvalue weighted by molar-refractivity contribution is 0.633. The number of rotatable bonds is 0. The second-order valence-electron chi connectivity index (χ2n) is 9.10. The molecular formula is C21H24. The molecule has 6 aliphatic rings. The summed E-state index contributed by atoms with van der Waals surface area (Å²) in [6.07, 6.45) is 13.7. The maximum Gasteiger partial charge on any atom is -0.0150 e. The van der Waals surface area contributed by atoms with Gasteiger partial charge in [0.05, 0.1) is 0 Å². The van der Waals surface area contributed by atoms with Gasteiger partial charge in [-0.15, -0.1) is 0 Å². The van der Waals surface area contributed by atoms with Crippen LogP contribution >= 0.6 is 0 Å². The Bertz CT molecular complexity index is 525. The third kappa shape index (κ3) is 1.03. The molecule has 0 nitrogen and oxygen atoms in total. The van der Waals surface area contributed by atoms with Gasteiger partial charge in [-0.25, -0.2) is 0 Å². The van der Waals surface area contributed by atoms with Gasteiger partial charge >= 0.3 is 0 Å². The Morgan fingerprint density at radius 3 is 0.714 bits per heavy atom. The Labute approximate surface area is 127 Å². The Balaban J connectivity index is 1.65. The number of fused-ring (bicyclic) bond motifs is 18. The van der Waals surface area contributed by atoms with Crippen LogP contribution in [0.1, 0.15) is 127 Å². The van der Waals surface area contributed by atoms with Gasteiger partial charge in [-0.2, -0.15) is 0 Å². The van der Waals surface area contributed by atoms with Crippen molar-refractivity contribution in [2.24, 2.45) is 0 Å². The molecule has 0 unspecified atom stereocenters. The molecule has 6 aliphatic carbocycles. The lowest BCUT2D eigenvalue weighted by Crippen LogP contribution is -2.16. The summed E-state index contributed by atoms with van der Waals surface area (Å²) in [5.74, 6) is 5.93. The second-order valence-corrected chi connectivity index (χ2v) is 9.10. The first-order chi connectivity index (χ1) is 10.4. The molecule has 3 saturated carbocycles. The number of hydrogen-bond donors (Lipinski definition) is 0. The number of benzene rings is 1. The SMILES string of the molecule is C1C[C@H]2C[C@@H]1c1c3c(c4c(c12)[C@@H]1CC[C@H]4C1)[C@@H]1CC[C@H]3C1. The Morgan fingerprint density at radius 2 is 0.524 bits per heavy atom. The molecule has 21 heavy (non-hydrogen) atoms. The highest BCUT2D eigenvalue weighted by atomic mass is 14.6. The average Bonchev–Trinajstić information content (AvgIpc) is 3.34. The third-order valence-electron chi connectivity index (χ3n) is 8.49. The molecular weight excluding hydrogens is 252 g/mol. The maximum absolute atomic E-state index is 1.97. The van der Waals surface area contributed by atoms with Crippen molar-refractivity contribution in [2.45, 2.75) is 93.3 Å². The van der Waals surface area contributed by atoms with Crippen LogP contribution in [0.15, 0.2) is 0 Å². The van der Waals surface area contributed by atoms with Crippen LogP contribution in [0.4, 0.5) is 0 Å². The smallest absolute Gasteiger partial charge is 0.0150 e. The zero-order chi connectivity index (χ0) is 13.3. The van der Waals surface area contributed by atoms with E-state index in [1.807, 2.05) is 33.4 Å². The van der Waals surface area contributed by atoms with Crippen LogP contribution in [0, 0.1) is 0 Å². The van der Waals surface area contributed by atoms with Crippen molar-refractivity contribution in [3.8, 4) is 0 Å².